The molecule has 2 heterocycles. The first-order valence-electron chi connectivity index (χ1n) is 6.04. The van der Waals surface area contributed by atoms with Crippen LogP contribution in [-0.4, -0.2) is 44.8 Å². The SMILES string of the molecule is CC1CN(c2ncccc2S(C)(=O)=O)CC(C)N1. The van der Waals surface area contributed by atoms with Gasteiger partial charge in [-0.2, -0.15) is 0 Å². The van der Waals surface area contributed by atoms with Crippen molar-refractivity contribution in [1.82, 2.24) is 10.3 Å². The first-order chi connectivity index (χ1) is 8.38. The van der Waals surface area contributed by atoms with Crippen LogP contribution in [0.1, 0.15) is 13.8 Å². The minimum atomic E-state index is -3.24. The molecule has 0 aromatic carbocycles. The van der Waals surface area contributed by atoms with Crippen LogP contribution in [0.3, 0.4) is 0 Å². The average molecular weight is 269 g/mol. The Morgan fingerprint density at radius 2 is 1.94 bits per heavy atom. The number of nitrogens with one attached hydrogen (secondary N) is 1. The largest absolute Gasteiger partial charge is 0.352 e. The summed E-state index contributed by atoms with van der Waals surface area (Å²) in [6, 6.07) is 3.93. The van der Waals surface area contributed by atoms with E-state index in [1.54, 1.807) is 18.3 Å². The van der Waals surface area contributed by atoms with Crippen molar-refractivity contribution >= 4 is 15.7 Å². The quantitative estimate of drug-likeness (QED) is 0.855. The molecule has 1 N–H and O–H groups in total. The molecule has 1 aliphatic rings. The average Bonchev–Trinajstić information content (AvgIpc) is 2.26. The van der Waals surface area contributed by atoms with Crippen LogP contribution in [0.5, 0.6) is 0 Å². The number of anilines is 1. The van der Waals surface area contributed by atoms with Crippen LogP contribution >= 0.6 is 0 Å². The summed E-state index contributed by atoms with van der Waals surface area (Å²) in [5, 5.41) is 3.42. The zero-order valence-electron chi connectivity index (χ0n) is 10.9. The molecule has 18 heavy (non-hydrogen) atoms. The number of hydrogen-bond acceptors (Lipinski definition) is 5. The Bertz CT molecular complexity index is 520. The number of piperazine rings is 1. The Hall–Kier alpha value is -1.14. The summed E-state index contributed by atoms with van der Waals surface area (Å²) in [5.41, 5.74) is 0. The number of nitrogens with zero attached hydrogens (tertiary/aromatic N) is 2. The maximum absolute atomic E-state index is 11.8. The third-order valence-electron chi connectivity index (χ3n) is 3.01. The second-order valence-electron chi connectivity index (χ2n) is 4.97. The maximum atomic E-state index is 11.8. The molecule has 6 heteroatoms. The molecule has 1 saturated heterocycles. The fourth-order valence-corrected chi connectivity index (χ4v) is 3.25. The van der Waals surface area contributed by atoms with Crippen molar-refractivity contribution in [3.05, 3.63) is 18.3 Å². The molecule has 2 atom stereocenters. The van der Waals surface area contributed by atoms with Crippen molar-refractivity contribution in [2.24, 2.45) is 0 Å². The molecule has 2 unspecified atom stereocenters. The second-order valence-corrected chi connectivity index (χ2v) is 6.96. The third kappa shape index (κ3) is 2.81. The Kier molecular flexibility index (Phi) is 3.59. The maximum Gasteiger partial charge on any atom is 0.179 e. The number of rotatable bonds is 2. The summed E-state index contributed by atoms with van der Waals surface area (Å²) in [7, 11) is -3.24. The summed E-state index contributed by atoms with van der Waals surface area (Å²) in [6.07, 6.45) is 2.87. The monoisotopic (exact) mass is 269 g/mol. The van der Waals surface area contributed by atoms with Crippen LogP contribution in [0.15, 0.2) is 23.2 Å². The van der Waals surface area contributed by atoms with Gasteiger partial charge >= 0.3 is 0 Å². The fraction of sp³-hybridized carbons (Fsp3) is 0.583. The van der Waals surface area contributed by atoms with Gasteiger partial charge in [0.05, 0.1) is 0 Å². The molecule has 1 fully saturated rings. The first kappa shape index (κ1) is 13.3. The normalized spacial score (nSPS) is 25.2. The summed E-state index contributed by atoms with van der Waals surface area (Å²) in [5.74, 6) is 0.570. The summed E-state index contributed by atoms with van der Waals surface area (Å²) >= 11 is 0. The van der Waals surface area contributed by atoms with E-state index in [0.717, 1.165) is 13.1 Å². The summed E-state index contributed by atoms with van der Waals surface area (Å²) < 4.78 is 23.6. The first-order valence-corrected chi connectivity index (χ1v) is 7.93. The highest BCUT2D eigenvalue weighted by Gasteiger charge is 2.26. The van der Waals surface area contributed by atoms with Gasteiger partial charge in [0.2, 0.25) is 0 Å². The summed E-state index contributed by atoms with van der Waals surface area (Å²) in [4.78, 5) is 6.61. The van der Waals surface area contributed by atoms with Gasteiger partial charge < -0.3 is 10.2 Å². The van der Waals surface area contributed by atoms with Crippen LogP contribution in [0.2, 0.25) is 0 Å². The molecule has 2 rings (SSSR count). The van der Waals surface area contributed by atoms with Crippen molar-refractivity contribution in [1.29, 1.82) is 0 Å². The lowest BCUT2D eigenvalue weighted by molar-refractivity contribution is 0.404. The smallest absolute Gasteiger partial charge is 0.179 e. The molecule has 0 radical (unpaired) electrons. The van der Waals surface area contributed by atoms with E-state index >= 15 is 0 Å². The number of hydrogen-bond donors (Lipinski definition) is 1. The predicted octanol–water partition coefficient (Wildman–Crippen LogP) is 0.672. The highest BCUT2D eigenvalue weighted by molar-refractivity contribution is 7.90. The zero-order chi connectivity index (χ0) is 13.3. The van der Waals surface area contributed by atoms with Gasteiger partial charge in [-0.25, -0.2) is 13.4 Å². The zero-order valence-corrected chi connectivity index (χ0v) is 11.7. The van der Waals surface area contributed by atoms with Gasteiger partial charge in [0.15, 0.2) is 9.84 Å². The lowest BCUT2D eigenvalue weighted by Gasteiger charge is -2.37. The van der Waals surface area contributed by atoms with E-state index in [0.29, 0.717) is 22.8 Å². The van der Waals surface area contributed by atoms with E-state index in [1.807, 2.05) is 4.90 Å². The minimum absolute atomic E-state index is 0.311. The minimum Gasteiger partial charge on any atom is -0.352 e. The number of pyridine rings is 1. The predicted molar refractivity (Wildman–Crippen MR) is 71.6 cm³/mol. The molecule has 5 nitrogen and oxygen atoms in total. The molecular weight excluding hydrogens is 250 g/mol. The lowest BCUT2D eigenvalue weighted by atomic mass is 10.1. The molecule has 0 amide bonds. The van der Waals surface area contributed by atoms with E-state index < -0.39 is 9.84 Å². The van der Waals surface area contributed by atoms with E-state index in [9.17, 15) is 8.42 Å². The highest BCUT2D eigenvalue weighted by atomic mass is 32.2. The molecule has 0 aliphatic carbocycles. The van der Waals surface area contributed by atoms with Crippen molar-refractivity contribution in [3.63, 3.8) is 0 Å². The van der Waals surface area contributed by atoms with E-state index in [4.69, 9.17) is 0 Å². The van der Waals surface area contributed by atoms with Gasteiger partial charge in [0.1, 0.15) is 10.7 Å². The van der Waals surface area contributed by atoms with E-state index in [-0.39, 0.29) is 0 Å². The van der Waals surface area contributed by atoms with Crippen LogP contribution in [0, 0.1) is 0 Å². The molecule has 0 saturated carbocycles. The number of aromatic nitrogens is 1. The van der Waals surface area contributed by atoms with Gasteiger partial charge in [0, 0.05) is 37.6 Å². The molecule has 0 bridgehead atoms. The molecule has 100 valence electrons. The Labute approximate surface area is 108 Å². The van der Waals surface area contributed by atoms with Gasteiger partial charge in [-0.1, -0.05) is 0 Å². The van der Waals surface area contributed by atoms with Crippen LogP contribution in [0.4, 0.5) is 5.82 Å². The summed E-state index contributed by atoms with van der Waals surface area (Å²) in [6.45, 7) is 5.71. The third-order valence-corrected chi connectivity index (χ3v) is 4.13. The van der Waals surface area contributed by atoms with Crippen molar-refractivity contribution < 1.29 is 8.42 Å². The van der Waals surface area contributed by atoms with Gasteiger partial charge in [-0.3, -0.25) is 0 Å². The van der Waals surface area contributed by atoms with Crippen LogP contribution < -0.4 is 10.2 Å². The Morgan fingerprint density at radius 3 is 2.50 bits per heavy atom. The Morgan fingerprint density at radius 1 is 1.33 bits per heavy atom. The number of sulfone groups is 1. The van der Waals surface area contributed by atoms with Gasteiger partial charge in [-0.15, -0.1) is 0 Å². The Balaban J connectivity index is 2.39. The highest BCUT2D eigenvalue weighted by Crippen LogP contribution is 2.23. The molecule has 1 aromatic rings. The van der Waals surface area contributed by atoms with Gasteiger partial charge in [-0.05, 0) is 26.0 Å². The van der Waals surface area contributed by atoms with Gasteiger partial charge in [0.25, 0.3) is 0 Å². The topological polar surface area (TPSA) is 62.3 Å². The molecule has 0 spiro atoms. The molecule has 1 aliphatic heterocycles. The second kappa shape index (κ2) is 4.85. The van der Waals surface area contributed by atoms with E-state index in [1.165, 1.54) is 6.26 Å². The van der Waals surface area contributed by atoms with Crippen LogP contribution in [0.25, 0.3) is 0 Å². The fourth-order valence-electron chi connectivity index (χ4n) is 2.41. The standard InChI is InChI=1S/C12H19N3O2S/c1-9-7-15(8-10(2)14-9)12-11(18(3,16)17)5-4-6-13-12/h4-6,9-10,14H,7-8H2,1-3H3. The molecular formula is C12H19N3O2S. The lowest BCUT2D eigenvalue weighted by Crippen LogP contribution is -2.54. The van der Waals surface area contributed by atoms with Crippen LogP contribution in [-0.2, 0) is 9.84 Å². The molecule has 1 aromatic heterocycles. The van der Waals surface area contributed by atoms with E-state index in [2.05, 4.69) is 24.1 Å². The van der Waals surface area contributed by atoms with Crippen molar-refractivity contribution in [3.8, 4) is 0 Å². The van der Waals surface area contributed by atoms with Crippen molar-refractivity contribution in [2.75, 3.05) is 24.2 Å². The van der Waals surface area contributed by atoms with Crippen molar-refractivity contribution in [2.45, 2.75) is 30.8 Å².